The number of nitro groups is 1. The van der Waals surface area contributed by atoms with Gasteiger partial charge in [-0.05, 0) is 18.9 Å². The summed E-state index contributed by atoms with van der Waals surface area (Å²) in [5.41, 5.74) is 1.95. The van der Waals surface area contributed by atoms with Crippen LogP contribution in [-0.4, -0.2) is 14.3 Å². The maximum Gasteiger partial charge on any atom is 0.286 e. The van der Waals surface area contributed by atoms with Gasteiger partial charge in [-0.25, -0.2) is 4.98 Å². The van der Waals surface area contributed by atoms with Crippen LogP contribution < -0.4 is 0 Å². The summed E-state index contributed by atoms with van der Waals surface area (Å²) in [5.74, 6) is 0.555. The minimum absolute atomic E-state index is 0.102. The molecule has 0 aromatic carbocycles. The van der Waals surface area contributed by atoms with Crippen LogP contribution in [0.2, 0.25) is 0 Å². The number of pyridine rings is 1. The normalized spacial score (nSPS) is 16.2. The Morgan fingerprint density at radius 2 is 2.19 bits per heavy atom. The molecule has 2 heterocycles. The number of fused-ring (bicyclic) bond motifs is 1. The van der Waals surface area contributed by atoms with Crippen molar-refractivity contribution in [2.75, 3.05) is 0 Å². The van der Waals surface area contributed by atoms with E-state index in [4.69, 9.17) is 0 Å². The van der Waals surface area contributed by atoms with Crippen LogP contribution in [0.4, 0.5) is 5.69 Å². The summed E-state index contributed by atoms with van der Waals surface area (Å²) in [7, 11) is 0. The predicted octanol–water partition coefficient (Wildman–Crippen LogP) is 2.51. The Morgan fingerprint density at radius 3 is 2.81 bits per heavy atom. The van der Waals surface area contributed by atoms with Gasteiger partial charge in [0.15, 0.2) is 0 Å². The molecule has 2 aromatic heterocycles. The fraction of sp³-hybridized carbons (Fsp3) is 0.364. The average Bonchev–Trinajstić information content (AvgIpc) is 2.56. The van der Waals surface area contributed by atoms with Crippen molar-refractivity contribution in [3.8, 4) is 0 Å². The van der Waals surface area contributed by atoms with Gasteiger partial charge in [0.25, 0.3) is 5.69 Å². The number of aromatic nitrogens is 2. The number of imidazole rings is 1. The Labute approximate surface area is 91.9 Å². The molecule has 0 N–H and O–H groups in total. The van der Waals surface area contributed by atoms with Gasteiger partial charge in [0.05, 0.1) is 16.8 Å². The lowest BCUT2D eigenvalue weighted by Crippen LogP contribution is -2.08. The van der Waals surface area contributed by atoms with Crippen LogP contribution >= 0.6 is 0 Å². The molecular weight excluding hydrogens is 206 g/mol. The second-order valence-corrected chi connectivity index (χ2v) is 4.20. The summed E-state index contributed by atoms with van der Waals surface area (Å²) in [6.45, 7) is 0. The van der Waals surface area contributed by atoms with Gasteiger partial charge in [-0.3, -0.25) is 14.5 Å². The summed E-state index contributed by atoms with van der Waals surface area (Å²) in [6.07, 6.45) is 7.06. The van der Waals surface area contributed by atoms with E-state index in [1.165, 1.54) is 31.5 Å². The molecule has 16 heavy (non-hydrogen) atoms. The molecule has 0 bridgehead atoms. The first-order valence-electron chi connectivity index (χ1n) is 5.37. The van der Waals surface area contributed by atoms with E-state index in [0.29, 0.717) is 5.92 Å². The van der Waals surface area contributed by atoms with Crippen molar-refractivity contribution in [1.29, 1.82) is 0 Å². The van der Waals surface area contributed by atoms with Gasteiger partial charge in [0.1, 0.15) is 5.65 Å². The van der Waals surface area contributed by atoms with Gasteiger partial charge in [-0.2, -0.15) is 0 Å². The highest BCUT2D eigenvalue weighted by Crippen LogP contribution is 2.35. The van der Waals surface area contributed by atoms with E-state index in [2.05, 4.69) is 4.98 Å². The van der Waals surface area contributed by atoms with Crippen LogP contribution in [0.5, 0.6) is 0 Å². The number of hydrogen-bond donors (Lipinski definition) is 0. The van der Waals surface area contributed by atoms with Crippen molar-refractivity contribution in [3.63, 3.8) is 0 Å². The Bertz CT molecular complexity index is 557. The van der Waals surface area contributed by atoms with E-state index >= 15 is 0 Å². The molecule has 0 saturated heterocycles. The molecule has 0 atom stereocenters. The van der Waals surface area contributed by atoms with E-state index in [0.717, 1.165) is 11.3 Å². The zero-order valence-corrected chi connectivity index (χ0v) is 8.67. The fourth-order valence-electron chi connectivity index (χ4n) is 2.01. The first-order chi connectivity index (χ1) is 7.74. The largest absolute Gasteiger partial charge is 0.300 e. The van der Waals surface area contributed by atoms with Crippen LogP contribution in [0.1, 0.15) is 30.9 Å². The predicted molar refractivity (Wildman–Crippen MR) is 58.4 cm³/mol. The van der Waals surface area contributed by atoms with Crippen molar-refractivity contribution in [1.82, 2.24) is 9.38 Å². The van der Waals surface area contributed by atoms with Crippen molar-refractivity contribution in [2.45, 2.75) is 25.2 Å². The molecule has 0 amide bonds. The van der Waals surface area contributed by atoms with Crippen molar-refractivity contribution < 1.29 is 4.92 Å². The Hall–Kier alpha value is -1.91. The second kappa shape index (κ2) is 3.30. The minimum Gasteiger partial charge on any atom is -0.300 e. The zero-order chi connectivity index (χ0) is 11.1. The van der Waals surface area contributed by atoms with E-state index < -0.39 is 0 Å². The van der Waals surface area contributed by atoms with Gasteiger partial charge in [0.2, 0.25) is 0 Å². The third-order valence-electron chi connectivity index (χ3n) is 3.19. The van der Waals surface area contributed by atoms with Crippen molar-refractivity contribution in [2.24, 2.45) is 0 Å². The molecule has 5 nitrogen and oxygen atoms in total. The smallest absolute Gasteiger partial charge is 0.286 e. The van der Waals surface area contributed by atoms with Gasteiger partial charge in [-0.1, -0.05) is 6.42 Å². The molecule has 0 spiro atoms. The molecule has 0 aliphatic heterocycles. The molecule has 1 saturated carbocycles. The van der Waals surface area contributed by atoms with Crippen LogP contribution in [0.15, 0.2) is 24.5 Å². The van der Waals surface area contributed by atoms with Crippen LogP contribution in [-0.2, 0) is 0 Å². The summed E-state index contributed by atoms with van der Waals surface area (Å²) in [5, 5.41) is 10.6. The second-order valence-electron chi connectivity index (χ2n) is 4.20. The topological polar surface area (TPSA) is 60.4 Å². The Kier molecular flexibility index (Phi) is 1.92. The zero-order valence-electron chi connectivity index (χ0n) is 8.67. The Balaban J connectivity index is 2.06. The molecule has 1 fully saturated rings. The van der Waals surface area contributed by atoms with E-state index in [-0.39, 0.29) is 10.6 Å². The fourth-order valence-corrected chi connectivity index (χ4v) is 2.01. The number of hydrogen-bond acceptors (Lipinski definition) is 3. The maximum absolute atomic E-state index is 10.6. The quantitative estimate of drug-likeness (QED) is 0.573. The van der Waals surface area contributed by atoms with Crippen molar-refractivity contribution >= 4 is 11.3 Å². The number of nitrogens with zero attached hydrogens (tertiary/aromatic N) is 3. The summed E-state index contributed by atoms with van der Waals surface area (Å²) >= 11 is 0. The van der Waals surface area contributed by atoms with Gasteiger partial charge in [-0.15, -0.1) is 0 Å². The molecule has 82 valence electrons. The molecule has 0 unspecified atom stereocenters. The standard InChI is InChI=1S/C11H11N3O2/c15-14(16)9-4-5-11-12-10(7-13(11)6-9)8-2-1-3-8/h4-8H,1-3H2. The first kappa shape index (κ1) is 9.33. The van der Waals surface area contributed by atoms with E-state index in [9.17, 15) is 10.1 Å². The van der Waals surface area contributed by atoms with Crippen LogP contribution in [0, 0.1) is 10.1 Å². The summed E-state index contributed by atoms with van der Waals surface area (Å²) in [4.78, 5) is 14.7. The minimum atomic E-state index is -0.386. The number of rotatable bonds is 2. The third kappa shape index (κ3) is 1.36. The molecule has 1 aliphatic carbocycles. The van der Waals surface area contributed by atoms with Gasteiger partial charge >= 0.3 is 0 Å². The lowest BCUT2D eigenvalue weighted by atomic mass is 9.83. The van der Waals surface area contributed by atoms with Crippen molar-refractivity contribution in [3.05, 3.63) is 40.3 Å². The lowest BCUT2D eigenvalue weighted by molar-refractivity contribution is -0.385. The maximum atomic E-state index is 10.6. The Morgan fingerprint density at radius 1 is 1.38 bits per heavy atom. The van der Waals surface area contributed by atoms with Gasteiger partial charge in [0, 0.05) is 18.2 Å². The lowest BCUT2D eigenvalue weighted by Gasteiger charge is -2.22. The summed E-state index contributed by atoms with van der Waals surface area (Å²) < 4.78 is 1.74. The molecule has 5 heteroatoms. The molecule has 1 aliphatic rings. The summed E-state index contributed by atoms with van der Waals surface area (Å²) in [6, 6.07) is 3.19. The van der Waals surface area contributed by atoms with Gasteiger partial charge < -0.3 is 0 Å². The third-order valence-corrected chi connectivity index (χ3v) is 3.19. The van der Waals surface area contributed by atoms with E-state index in [1.54, 1.807) is 10.5 Å². The highest BCUT2D eigenvalue weighted by molar-refractivity contribution is 5.45. The highest BCUT2D eigenvalue weighted by Gasteiger charge is 2.22. The molecular formula is C11H11N3O2. The highest BCUT2D eigenvalue weighted by atomic mass is 16.6. The monoisotopic (exact) mass is 217 g/mol. The average molecular weight is 217 g/mol. The van der Waals surface area contributed by atoms with Crippen LogP contribution in [0.25, 0.3) is 5.65 Å². The molecule has 0 radical (unpaired) electrons. The molecule has 2 aromatic rings. The SMILES string of the molecule is O=[N+]([O-])c1ccc2nc(C3CCC3)cn2c1. The molecule has 3 rings (SSSR count). The first-order valence-corrected chi connectivity index (χ1v) is 5.37. The van der Waals surface area contributed by atoms with E-state index in [1.807, 2.05) is 6.20 Å². The van der Waals surface area contributed by atoms with Crippen LogP contribution in [0.3, 0.4) is 0 Å².